The van der Waals surface area contributed by atoms with Crippen molar-refractivity contribution < 1.29 is 17.9 Å². The topological polar surface area (TPSA) is 96.9 Å². The number of hydrogen-bond acceptors (Lipinski definition) is 5. The summed E-state index contributed by atoms with van der Waals surface area (Å²) in [5, 5.41) is 5.91. The molecule has 2 rings (SSSR count). The smallest absolute Gasteiger partial charge is 0.286 e. The average molecular weight is 381 g/mol. The molecular weight excluding hydrogens is 354 g/mol. The number of fused-ring (bicyclic) bond motifs is 1. The first kappa shape index (κ1) is 20.4. The number of amides is 1. The fourth-order valence-electron chi connectivity index (χ4n) is 2.67. The predicted molar refractivity (Wildman–Crippen MR) is 102 cm³/mol. The summed E-state index contributed by atoms with van der Waals surface area (Å²) in [7, 11) is -3.68. The number of hydrogen-bond donors (Lipinski definition) is 2. The number of sulfonamides is 1. The summed E-state index contributed by atoms with van der Waals surface area (Å²) in [5.41, 5.74) is 0.527. The first-order valence-corrected chi connectivity index (χ1v) is 10.3. The van der Waals surface area contributed by atoms with Crippen LogP contribution in [0.5, 0.6) is 0 Å². The van der Waals surface area contributed by atoms with Gasteiger partial charge in [0.25, 0.3) is 10.0 Å². The number of benzene rings is 1. The van der Waals surface area contributed by atoms with E-state index in [-0.39, 0.29) is 22.8 Å². The molecule has 26 heavy (non-hydrogen) atoms. The predicted octanol–water partition coefficient (Wildman–Crippen LogP) is 2.55. The maximum absolute atomic E-state index is 12.2. The summed E-state index contributed by atoms with van der Waals surface area (Å²) in [6, 6.07) is 6.66. The van der Waals surface area contributed by atoms with Gasteiger partial charge in [0.05, 0.1) is 11.8 Å². The number of amidine groups is 1. The lowest BCUT2D eigenvalue weighted by molar-refractivity contribution is -0.121. The van der Waals surface area contributed by atoms with Gasteiger partial charge in [-0.25, -0.2) is 0 Å². The van der Waals surface area contributed by atoms with Crippen LogP contribution in [0.3, 0.4) is 0 Å². The van der Waals surface area contributed by atoms with Crippen LogP contribution in [0.25, 0.3) is 0 Å². The van der Waals surface area contributed by atoms with Crippen molar-refractivity contribution in [2.45, 2.75) is 51.0 Å². The summed E-state index contributed by atoms with van der Waals surface area (Å²) < 4.78 is 33.7. The van der Waals surface area contributed by atoms with E-state index in [9.17, 15) is 13.2 Å². The van der Waals surface area contributed by atoms with Crippen molar-refractivity contribution >= 4 is 27.5 Å². The third-order valence-electron chi connectivity index (χ3n) is 3.84. The Morgan fingerprint density at radius 2 is 2.00 bits per heavy atom. The molecule has 1 aliphatic rings. The second-order valence-electron chi connectivity index (χ2n) is 6.77. The number of para-hydroxylation sites is 1. The standard InChI is InChI=1S/C18H27N3O4S/c1-13(2)25-10-6-9-19-18(22)12-14(3)11-17-20-15-7-4-5-8-16(15)26(23,24)21-17/h4-5,7-8,13-14H,6,9-12H2,1-3H3,(H,19,22)(H,20,21)/t14-/m1/s1. The molecule has 0 aromatic heterocycles. The van der Waals surface area contributed by atoms with E-state index in [1.54, 1.807) is 18.2 Å². The van der Waals surface area contributed by atoms with Gasteiger partial charge in [-0.3, -0.25) is 4.79 Å². The van der Waals surface area contributed by atoms with Crippen LogP contribution >= 0.6 is 0 Å². The molecule has 1 heterocycles. The lowest BCUT2D eigenvalue weighted by Gasteiger charge is -2.20. The minimum atomic E-state index is -3.68. The van der Waals surface area contributed by atoms with E-state index in [1.807, 2.05) is 20.8 Å². The van der Waals surface area contributed by atoms with Crippen LogP contribution < -0.4 is 10.6 Å². The Hall–Kier alpha value is -1.93. The van der Waals surface area contributed by atoms with Gasteiger partial charge < -0.3 is 15.4 Å². The fourth-order valence-corrected chi connectivity index (χ4v) is 3.82. The Morgan fingerprint density at radius 3 is 2.73 bits per heavy atom. The van der Waals surface area contributed by atoms with E-state index in [0.29, 0.717) is 37.5 Å². The van der Waals surface area contributed by atoms with E-state index in [0.717, 1.165) is 6.42 Å². The van der Waals surface area contributed by atoms with Gasteiger partial charge in [0.15, 0.2) is 0 Å². The number of carbonyl (C=O) groups excluding carboxylic acids is 1. The van der Waals surface area contributed by atoms with Crippen molar-refractivity contribution in [3.8, 4) is 0 Å². The van der Waals surface area contributed by atoms with Gasteiger partial charge in [-0.05, 0) is 38.3 Å². The summed E-state index contributed by atoms with van der Waals surface area (Å²) in [5.74, 6) is 0.282. The molecule has 1 amide bonds. The number of nitrogens with one attached hydrogen (secondary N) is 2. The van der Waals surface area contributed by atoms with Crippen LogP contribution in [0.4, 0.5) is 5.69 Å². The first-order valence-electron chi connectivity index (χ1n) is 8.86. The third-order valence-corrected chi connectivity index (χ3v) is 5.22. The Kier molecular flexibility index (Phi) is 7.16. The Labute approximate surface area is 155 Å². The molecular formula is C18H27N3O4S. The van der Waals surface area contributed by atoms with Gasteiger partial charge in [-0.15, -0.1) is 4.40 Å². The zero-order valence-corrected chi connectivity index (χ0v) is 16.3. The molecule has 0 aliphatic carbocycles. The normalized spacial score (nSPS) is 16.4. The highest BCUT2D eigenvalue weighted by Crippen LogP contribution is 2.28. The molecule has 2 N–H and O–H groups in total. The van der Waals surface area contributed by atoms with Gasteiger partial charge in [0.2, 0.25) is 5.91 Å². The summed E-state index contributed by atoms with van der Waals surface area (Å²) >= 11 is 0. The Morgan fingerprint density at radius 1 is 1.27 bits per heavy atom. The van der Waals surface area contributed by atoms with Gasteiger partial charge >= 0.3 is 0 Å². The van der Waals surface area contributed by atoms with E-state index >= 15 is 0 Å². The lowest BCUT2D eigenvalue weighted by atomic mass is 10.0. The van der Waals surface area contributed by atoms with Gasteiger partial charge in [0.1, 0.15) is 10.7 Å². The van der Waals surface area contributed by atoms with Gasteiger partial charge in [-0.1, -0.05) is 19.1 Å². The fraction of sp³-hybridized carbons (Fsp3) is 0.556. The van der Waals surface area contributed by atoms with Crippen molar-refractivity contribution in [2.75, 3.05) is 18.5 Å². The molecule has 1 atom stereocenters. The zero-order chi connectivity index (χ0) is 19.2. The average Bonchev–Trinajstić information content (AvgIpc) is 2.53. The second kappa shape index (κ2) is 9.14. The van der Waals surface area contributed by atoms with E-state index in [4.69, 9.17) is 4.74 Å². The molecule has 0 unspecified atom stereocenters. The maximum Gasteiger partial charge on any atom is 0.286 e. The quantitative estimate of drug-likeness (QED) is 0.641. The Balaban J connectivity index is 1.80. The Bertz CT molecular complexity index is 759. The molecule has 0 spiro atoms. The number of anilines is 1. The van der Waals surface area contributed by atoms with Gasteiger partial charge in [0, 0.05) is 26.0 Å². The SMILES string of the molecule is CC(C)OCCCNC(=O)C[C@H](C)CC1=NS(=O)(=O)c2ccccc2N1. The van der Waals surface area contributed by atoms with Crippen LogP contribution in [0.1, 0.15) is 40.0 Å². The molecule has 1 aliphatic heterocycles. The van der Waals surface area contributed by atoms with Crippen molar-refractivity contribution in [1.29, 1.82) is 0 Å². The minimum absolute atomic E-state index is 0.0337. The molecule has 144 valence electrons. The number of rotatable bonds is 9. The number of nitrogens with zero attached hydrogens (tertiary/aromatic N) is 1. The van der Waals surface area contributed by atoms with Crippen LogP contribution in [0, 0.1) is 5.92 Å². The zero-order valence-electron chi connectivity index (χ0n) is 15.5. The van der Waals surface area contributed by atoms with Crippen LogP contribution in [-0.4, -0.2) is 39.4 Å². The van der Waals surface area contributed by atoms with Crippen molar-refractivity contribution in [3.63, 3.8) is 0 Å². The summed E-state index contributed by atoms with van der Waals surface area (Å²) in [6.07, 6.45) is 1.66. The highest BCUT2D eigenvalue weighted by atomic mass is 32.2. The third kappa shape index (κ3) is 6.10. The van der Waals surface area contributed by atoms with Crippen molar-refractivity contribution in [1.82, 2.24) is 5.32 Å². The van der Waals surface area contributed by atoms with Crippen LogP contribution in [-0.2, 0) is 19.6 Å². The monoisotopic (exact) mass is 381 g/mol. The largest absolute Gasteiger partial charge is 0.379 e. The van der Waals surface area contributed by atoms with Crippen LogP contribution in [0.2, 0.25) is 0 Å². The molecule has 0 saturated heterocycles. The lowest BCUT2D eigenvalue weighted by Crippen LogP contribution is -2.29. The highest BCUT2D eigenvalue weighted by Gasteiger charge is 2.25. The van der Waals surface area contributed by atoms with Gasteiger partial charge in [-0.2, -0.15) is 8.42 Å². The molecule has 7 nitrogen and oxygen atoms in total. The van der Waals surface area contributed by atoms with E-state index in [1.165, 1.54) is 6.07 Å². The summed E-state index contributed by atoms with van der Waals surface area (Å²) in [6.45, 7) is 7.03. The number of carbonyl (C=O) groups is 1. The highest BCUT2D eigenvalue weighted by molar-refractivity contribution is 7.90. The summed E-state index contributed by atoms with van der Waals surface area (Å²) in [4.78, 5) is 12.2. The van der Waals surface area contributed by atoms with Crippen molar-refractivity contribution in [3.05, 3.63) is 24.3 Å². The van der Waals surface area contributed by atoms with E-state index in [2.05, 4.69) is 15.0 Å². The molecule has 0 fully saturated rings. The second-order valence-corrected chi connectivity index (χ2v) is 8.34. The van der Waals surface area contributed by atoms with E-state index < -0.39 is 10.0 Å². The molecule has 8 heteroatoms. The number of ether oxygens (including phenoxy) is 1. The molecule has 0 saturated carbocycles. The first-order chi connectivity index (χ1) is 12.3. The minimum Gasteiger partial charge on any atom is -0.379 e. The molecule has 0 radical (unpaired) electrons. The molecule has 1 aromatic rings. The molecule has 1 aromatic carbocycles. The van der Waals surface area contributed by atoms with Crippen LogP contribution in [0.15, 0.2) is 33.6 Å². The molecule has 0 bridgehead atoms. The van der Waals surface area contributed by atoms with Crippen molar-refractivity contribution in [2.24, 2.45) is 10.3 Å². The maximum atomic E-state index is 12.2.